The number of aliphatic imine (C=N–C) groups is 2. The van der Waals surface area contributed by atoms with E-state index >= 15 is 0 Å². The number of amidine groups is 2. The number of carbonyl (C=O) groups excluding carboxylic acids is 1. The summed E-state index contributed by atoms with van der Waals surface area (Å²) in [6.45, 7) is 1.87. The first-order valence-corrected chi connectivity index (χ1v) is 12.2. The predicted octanol–water partition coefficient (Wildman–Crippen LogP) is 7.17. The van der Waals surface area contributed by atoms with Gasteiger partial charge in [-0.15, -0.1) is 0 Å². The molecule has 178 valence electrons. The summed E-state index contributed by atoms with van der Waals surface area (Å²) in [4.78, 5) is 20.9. The van der Waals surface area contributed by atoms with Gasteiger partial charge in [0.1, 0.15) is 6.54 Å². The lowest BCUT2D eigenvalue weighted by Crippen LogP contribution is -2.58. The molecule has 1 aromatic carbocycles. The van der Waals surface area contributed by atoms with E-state index in [9.17, 15) is 4.79 Å². The molecule has 0 amide bonds. The minimum absolute atomic E-state index is 0.00741. The van der Waals surface area contributed by atoms with Gasteiger partial charge in [-0.2, -0.15) is 0 Å². The van der Waals surface area contributed by atoms with Crippen molar-refractivity contribution in [3.05, 3.63) is 28.8 Å². The van der Waals surface area contributed by atoms with Crippen molar-refractivity contribution in [3.8, 4) is 0 Å². The van der Waals surface area contributed by atoms with Gasteiger partial charge in [0.15, 0.2) is 17.8 Å². The van der Waals surface area contributed by atoms with Gasteiger partial charge in [0.05, 0.1) is 17.3 Å². The first-order valence-electron chi connectivity index (χ1n) is 8.41. The Hall–Kier alpha value is 0.530. The van der Waals surface area contributed by atoms with E-state index in [1.807, 2.05) is 0 Å². The van der Waals surface area contributed by atoms with E-state index in [2.05, 4.69) is 15.3 Å². The molecule has 32 heavy (non-hydrogen) atoms. The summed E-state index contributed by atoms with van der Waals surface area (Å²) in [5.41, 5.74) is 0.818. The maximum absolute atomic E-state index is 11.5. The maximum Gasteiger partial charge on any atom is 0.325 e. The van der Waals surface area contributed by atoms with Crippen molar-refractivity contribution in [1.29, 1.82) is 0 Å². The van der Waals surface area contributed by atoms with E-state index in [0.717, 1.165) is 4.90 Å². The monoisotopic (exact) mass is 642 g/mol. The predicted molar refractivity (Wildman–Crippen MR) is 137 cm³/mol. The van der Waals surface area contributed by atoms with Gasteiger partial charge in [0, 0.05) is 5.56 Å². The van der Waals surface area contributed by atoms with Gasteiger partial charge >= 0.3 is 5.97 Å². The van der Waals surface area contributed by atoms with Crippen LogP contribution in [0.4, 0.5) is 5.69 Å². The molecule has 1 atom stereocenters. The van der Waals surface area contributed by atoms with E-state index in [1.165, 1.54) is 6.07 Å². The average Bonchev–Trinajstić information content (AvgIpc) is 2.64. The molecule has 0 saturated carbocycles. The molecule has 0 bridgehead atoms. The molecule has 1 aliphatic rings. The number of anilines is 1. The molecule has 0 radical (unpaired) electrons. The molecular formula is C16H12Cl10N4O2. The molecule has 0 aliphatic carbocycles. The third-order valence-electron chi connectivity index (χ3n) is 3.70. The maximum atomic E-state index is 11.5. The fraction of sp³-hybridized carbons (Fsp3) is 0.438. The van der Waals surface area contributed by atoms with Crippen LogP contribution in [0, 0.1) is 0 Å². The molecule has 1 heterocycles. The van der Waals surface area contributed by atoms with Crippen LogP contribution in [-0.4, -0.2) is 53.4 Å². The highest BCUT2D eigenvalue weighted by atomic mass is 35.6. The van der Waals surface area contributed by atoms with Crippen LogP contribution < -0.4 is 5.32 Å². The standard InChI is InChI=1S/C16H12Cl10N4O2/c1-2-32-10(31)6-27-9-4-3-7(5-8(9)17)11-28-12(14(18,19)20)30(16(24,25)26)13(29-11)15(21,22)23/h3-5,12,27H,2,6H2,1H3. The Kier molecular flexibility index (Phi) is 9.95. The highest BCUT2D eigenvalue weighted by Gasteiger charge is 2.53. The molecule has 0 aromatic heterocycles. The van der Waals surface area contributed by atoms with Crippen molar-refractivity contribution < 1.29 is 9.53 Å². The van der Waals surface area contributed by atoms with Gasteiger partial charge in [-0.25, -0.2) is 9.98 Å². The second kappa shape index (κ2) is 11.1. The summed E-state index contributed by atoms with van der Waals surface area (Å²) < 4.78 is -1.67. The molecule has 0 spiro atoms. The van der Waals surface area contributed by atoms with Crippen molar-refractivity contribution in [2.24, 2.45) is 9.98 Å². The Bertz CT molecular complexity index is 921. The van der Waals surface area contributed by atoms with Crippen molar-refractivity contribution in [2.45, 2.75) is 24.6 Å². The first-order chi connectivity index (χ1) is 14.6. The Morgan fingerprint density at radius 2 is 1.75 bits per heavy atom. The highest BCUT2D eigenvalue weighted by Crippen LogP contribution is 2.47. The second-order valence-corrected chi connectivity index (χ2v) is 13.3. The lowest BCUT2D eigenvalue weighted by atomic mass is 10.1. The third-order valence-corrected chi connectivity index (χ3v) is 5.66. The summed E-state index contributed by atoms with van der Waals surface area (Å²) in [6.07, 6.45) is -1.43. The van der Waals surface area contributed by atoms with Crippen LogP contribution in [0.5, 0.6) is 0 Å². The van der Waals surface area contributed by atoms with E-state index in [1.54, 1.807) is 19.1 Å². The topological polar surface area (TPSA) is 66.3 Å². The van der Waals surface area contributed by atoms with Crippen molar-refractivity contribution in [1.82, 2.24) is 4.90 Å². The molecule has 0 saturated heterocycles. The number of halogens is 10. The quantitative estimate of drug-likeness (QED) is 0.209. The molecule has 1 aliphatic heterocycles. The Morgan fingerprint density at radius 1 is 1.12 bits per heavy atom. The molecule has 1 N–H and O–H groups in total. The van der Waals surface area contributed by atoms with Gasteiger partial charge in [-0.1, -0.05) is 116 Å². The number of hydrogen-bond acceptors (Lipinski definition) is 6. The fourth-order valence-electron chi connectivity index (χ4n) is 2.47. The van der Waals surface area contributed by atoms with Crippen molar-refractivity contribution in [3.63, 3.8) is 0 Å². The lowest BCUT2D eigenvalue weighted by molar-refractivity contribution is -0.140. The number of alkyl halides is 9. The largest absolute Gasteiger partial charge is 0.465 e. The molecular weight excluding hydrogens is 635 g/mol. The summed E-state index contributed by atoms with van der Waals surface area (Å²) in [6, 6.07) is 4.65. The van der Waals surface area contributed by atoms with Gasteiger partial charge in [0.2, 0.25) is 7.59 Å². The molecule has 2 rings (SSSR count). The number of ether oxygens (including phenoxy) is 1. The van der Waals surface area contributed by atoms with E-state index < -0.39 is 23.6 Å². The zero-order valence-electron chi connectivity index (χ0n) is 15.7. The van der Waals surface area contributed by atoms with Crippen molar-refractivity contribution >= 4 is 139 Å². The Balaban J connectivity index is 2.49. The highest BCUT2D eigenvalue weighted by molar-refractivity contribution is 6.78. The third kappa shape index (κ3) is 7.51. The van der Waals surface area contributed by atoms with Gasteiger partial charge < -0.3 is 10.1 Å². The average molecular weight is 647 g/mol. The number of nitrogens with zero attached hydrogens (tertiary/aromatic N) is 3. The van der Waals surface area contributed by atoms with Crippen LogP contribution in [0.2, 0.25) is 5.02 Å². The molecule has 16 heteroatoms. The zero-order valence-corrected chi connectivity index (χ0v) is 23.2. The smallest absolute Gasteiger partial charge is 0.325 e. The molecule has 0 fully saturated rings. The number of benzene rings is 1. The first kappa shape index (κ1) is 28.8. The van der Waals surface area contributed by atoms with Crippen molar-refractivity contribution in [2.75, 3.05) is 18.5 Å². The summed E-state index contributed by atoms with van der Waals surface area (Å²) in [7, 11) is 0. The van der Waals surface area contributed by atoms with Gasteiger partial charge in [0.25, 0.3) is 3.92 Å². The SMILES string of the molecule is CCOC(=O)CNc1ccc(C2=NC(C(Cl)(Cl)Cl)N(C(Cl)(Cl)Cl)C(C(Cl)(Cl)Cl)=N2)cc1Cl. The molecule has 1 unspecified atom stereocenters. The number of esters is 1. The number of rotatable bonds is 5. The van der Waals surface area contributed by atoms with Gasteiger partial charge in [-0.05, 0) is 25.1 Å². The fourth-order valence-corrected chi connectivity index (χ4v) is 4.07. The summed E-state index contributed by atoms with van der Waals surface area (Å²) in [5.74, 6) is -0.796. The normalized spacial score (nSPS) is 17.6. The molecule has 6 nitrogen and oxygen atoms in total. The van der Waals surface area contributed by atoms with Crippen LogP contribution >= 0.6 is 116 Å². The van der Waals surface area contributed by atoms with Crippen LogP contribution in [0.25, 0.3) is 0 Å². The Morgan fingerprint density at radius 3 is 2.22 bits per heavy atom. The van der Waals surface area contributed by atoms with Crippen LogP contribution in [0.1, 0.15) is 12.5 Å². The lowest BCUT2D eigenvalue weighted by Gasteiger charge is -2.43. The second-order valence-electron chi connectivity index (χ2n) is 5.99. The van der Waals surface area contributed by atoms with E-state index in [0.29, 0.717) is 11.3 Å². The Labute approximate surface area is 233 Å². The summed E-state index contributed by atoms with van der Waals surface area (Å²) in [5, 5.41) is 3.08. The van der Waals surface area contributed by atoms with Crippen LogP contribution in [-0.2, 0) is 9.53 Å². The zero-order chi connectivity index (χ0) is 24.5. The molecule has 1 aromatic rings. The number of carbonyl (C=O) groups is 1. The van der Waals surface area contributed by atoms with Gasteiger partial charge in [-0.3, -0.25) is 9.69 Å². The van der Waals surface area contributed by atoms with E-state index in [4.69, 9.17) is 121 Å². The summed E-state index contributed by atoms with van der Waals surface area (Å²) >= 11 is 60.8. The van der Waals surface area contributed by atoms with Crippen LogP contribution in [0.15, 0.2) is 28.2 Å². The number of hydrogen-bond donors (Lipinski definition) is 1. The van der Waals surface area contributed by atoms with E-state index in [-0.39, 0.29) is 29.8 Å². The minimum atomic E-state index is -2.23. The minimum Gasteiger partial charge on any atom is -0.465 e. The number of nitrogens with one attached hydrogen (secondary N) is 1. The van der Waals surface area contributed by atoms with Crippen LogP contribution in [0.3, 0.4) is 0 Å².